The molecule has 6 heteroatoms. The molecule has 0 aliphatic heterocycles. The Kier molecular flexibility index (Phi) is 8.83. The standard InChI is InChI=1S/3C4H9O.C3H5I2.Sn/c3*1-4(2,3)5;1-3(5)2-4;/h3*1-3H3;2-3H,1H3;/q3*-1;;+3. The van der Waals surface area contributed by atoms with Crippen molar-refractivity contribution < 1.29 is 9.22 Å². The molecular formula is C15H32I2O3Sn. The molecule has 0 saturated carbocycles. The van der Waals surface area contributed by atoms with Crippen LogP contribution < -0.4 is 0 Å². The van der Waals surface area contributed by atoms with Gasteiger partial charge in [-0.15, -0.1) is 0 Å². The maximum absolute atomic E-state index is 6.55. The van der Waals surface area contributed by atoms with Gasteiger partial charge in [0.2, 0.25) is 0 Å². The van der Waals surface area contributed by atoms with Crippen LogP contribution in [0.1, 0.15) is 69.2 Å². The zero-order valence-electron chi connectivity index (χ0n) is 15.1. The van der Waals surface area contributed by atoms with E-state index in [1.807, 2.05) is 0 Å². The zero-order valence-corrected chi connectivity index (χ0v) is 22.3. The topological polar surface area (TPSA) is 27.7 Å². The van der Waals surface area contributed by atoms with Crippen LogP contribution >= 0.6 is 45.2 Å². The molecule has 0 spiro atoms. The molecule has 0 aromatic carbocycles. The summed E-state index contributed by atoms with van der Waals surface area (Å²) in [6.07, 6.45) is 0. The number of halogens is 2. The Bertz CT molecular complexity index is 286. The molecule has 3 nitrogen and oxygen atoms in total. The van der Waals surface area contributed by atoms with Gasteiger partial charge in [0.1, 0.15) is 0 Å². The van der Waals surface area contributed by atoms with E-state index in [1.54, 1.807) is 0 Å². The van der Waals surface area contributed by atoms with Crippen molar-refractivity contribution in [3.63, 3.8) is 0 Å². The van der Waals surface area contributed by atoms with Gasteiger partial charge < -0.3 is 0 Å². The summed E-state index contributed by atoms with van der Waals surface area (Å²) in [7, 11) is 0. The molecule has 128 valence electrons. The normalized spacial score (nSPS) is 17.7. The predicted octanol–water partition coefficient (Wildman–Crippen LogP) is 5.54. The number of hydrogen-bond acceptors (Lipinski definition) is 3. The van der Waals surface area contributed by atoms with Crippen molar-refractivity contribution in [2.75, 3.05) is 0 Å². The van der Waals surface area contributed by atoms with Crippen LogP contribution in [0.2, 0.25) is 0 Å². The quantitative estimate of drug-likeness (QED) is 0.227. The van der Waals surface area contributed by atoms with E-state index < -0.39 is 19.6 Å². The summed E-state index contributed by atoms with van der Waals surface area (Å²) in [4.78, 5) is 0. The molecule has 2 unspecified atom stereocenters. The molecule has 0 radical (unpaired) electrons. The first kappa shape index (κ1) is 23.1. The van der Waals surface area contributed by atoms with Crippen LogP contribution in [0.3, 0.4) is 0 Å². The summed E-state index contributed by atoms with van der Waals surface area (Å²) in [6, 6.07) is 0. The molecule has 0 aliphatic carbocycles. The van der Waals surface area contributed by atoms with Gasteiger partial charge in [0, 0.05) is 0 Å². The maximum atomic E-state index is 6.55. The van der Waals surface area contributed by atoms with Crippen LogP contribution in [0.5, 0.6) is 0 Å². The predicted molar refractivity (Wildman–Crippen MR) is 110 cm³/mol. The number of alkyl halides is 2. The molecule has 0 saturated heterocycles. The molecule has 0 aromatic rings. The van der Waals surface area contributed by atoms with Gasteiger partial charge in [-0.3, -0.25) is 0 Å². The second kappa shape index (κ2) is 8.01. The van der Waals surface area contributed by atoms with Crippen molar-refractivity contribution in [3.05, 3.63) is 0 Å². The molecule has 0 bridgehead atoms. The van der Waals surface area contributed by atoms with Gasteiger partial charge in [-0.25, -0.2) is 0 Å². The average molecular weight is 633 g/mol. The second-order valence-electron chi connectivity index (χ2n) is 8.33. The minimum atomic E-state index is -3.81. The molecule has 0 N–H and O–H groups in total. The van der Waals surface area contributed by atoms with Crippen LogP contribution in [-0.4, -0.2) is 42.3 Å². The molecule has 0 rings (SSSR count). The fourth-order valence-corrected chi connectivity index (χ4v) is 17.5. The molecular weight excluding hydrogens is 601 g/mol. The molecule has 0 amide bonds. The molecule has 0 aromatic heterocycles. The Hall–Kier alpha value is 2.14. The fourth-order valence-electron chi connectivity index (χ4n) is 1.79. The van der Waals surface area contributed by atoms with Crippen molar-refractivity contribution in [2.45, 2.75) is 91.9 Å². The molecule has 2 atom stereocenters. The van der Waals surface area contributed by atoms with E-state index in [4.69, 9.17) is 9.22 Å². The number of hydrogen-bond donors (Lipinski definition) is 0. The summed E-state index contributed by atoms with van der Waals surface area (Å²) < 4.78 is 20.3. The van der Waals surface area contributed by atoms with Crippen LogP contribution in [-0.2, 0) is 9.22 Å². The van der Waals surface area contributed by atoms with Gasteiger partial charge in [-0.2, -0.15) is 0 Å². The third kappa shape index (κ3) is 9.88. The Morgan fingerprint density at radius 3 is 1.05 bits per heavy atom. The van der Waals surface area contributed by atoms with Crippen LogP contribution in [0, 0.1) is 0 Å². The zero-order chi connectivity index (χ0) is 17.3. The van der Waals surface area contributed by atoms with E-state index in [-0.39, 0.29) is 18.7 Å². The Morgan fingerprint density at radius 1 is 0.667 bits per heavy atom. The molecule has 0 fully saturated rings. The SMILES string of the molecule is CC(I)[CH](I)[Sn]([O]C(C)(C)C)([O]C(C)(C)C)[O]C(C)(C)C. The van der Waals surface area contributed by atoms with E-state index in [0.717, 1.165) is 0 Å². The Balaban J connectivity index is 5.81. The van der Waals surface area contributed by atoms with Gasteiger partial charge in [0.25, 0.3) is 0 Å². The van der Waals surface area contributed by atoms with Gasteiger partial charge >= 0.3 is 166 Å². The summed E-state index contributed by atoms with van der Waals surface area (Å²) in [5, 5.41) is 0. The van der Waals surface area contributed by atoms with Crippen molar-refractivity contribution in [1.29, 1.82) is 0 Å². The van der Waals surface area contributed by atoms with Crippen molar-refractivity contribution in [3.8, 4) is 0 Å². The van der Waals surface area contributed by atoms with Crippen LogP contribution in [0.4, 0.5) is 0 Å². The minimum absolute atomic E-state index is 0.259. The first-order valence-electron chi connectivity index (χ1n) is 7.36. The first-order valence-corrected chi connectivity index (χ1v) is 15.0. The van der Waals surface area contributed by atoms with E-state index in [2.05, 4.69) is 114 Å². The Labute approximate surface area is 164 Å². The molecule has 21 heavy (non-hydrogen) atoms. The van der Waals surface area contributed by atoms with E-state index in [1.165, 1.54) is 0 Å². The van der Waals surface area contributed by atoms with Gasteiger partial charge in [-0.05, 0) is 0 Å². The summed E-state index contributed by atoms with van der Waals surface area (Å²) in [5.74, 6) is 0. The van der Waals surface area contributed by atoms with E-state index in [9.17, 15) is 0 Å². The van der Waals surface area contributed by atoms with Gasteiger partial charge in [0.05, 0.1) is 0 Å². The third-order valence-electron chi connectivity index (χ3n) is 2.09. The summed E-state index contributed by atoms with van der Waals surface area (Å²) in [5.41, 5.74) is -0.829. The van der Waals surface area contributed by atoms with Crippen LogP contribution in [0.25, 0.3) is 0 Å². The monoisotopic (exact) mass is 634 g/mol. The first-order chi connectivity index (χ1) is 8.98. The van der Waals surface area contributed by atoms with E-state index in [0.29, 0.717) is 3.92 Å². The van der Waals surface area contributed by atoms with Crippen LogP contribution in [0.15, 0.2) is 0 Å². The van der Waals surface area contributed by atoms with Crippen molar-refractivity contribution in [1.82, 2.24) is 0 Å². The summed E-state index contributed by atoms with van der Waals surface area (Å²) >= 11 is 1.12. The van der Waals surface area contributed by atoms with Crippen molar-refractivity contribution >= 4 is 64.8 Å². The van der Waals surface area contributed by atoms with Crippen molar-refractivity contribution in [2.24, 2.45) is 0 Å². The van der Waals surface area contributed by atoms with Gasteiger partial charge in [0.15, 0.2) is 0 Å². The van der Waals surface area contributed by atoms with E-state index >= 15 is 0 Å². The molecule has 0 aliphatic rings. The fraction of sp³-hybridized carbons (Fsp3) is 1.00. The Morgan fingerprint density at radius 2 is 0.905 bits per heavy atom. The summed E-state index contributed by atoms with van der Waals surface area (Å²) in [6.45, 7) is 20.9. The second-order valence-corrected chi connectivity index (χ2v) is 22.0. The van der Waals surface area contributed by atoms with Gasteiger partial charge in [-0.1, -0.05) is 0 Å². The number of rotatable bonds is 5. The third-order valence-corrected chi connectivity index (χ3v) is 23.3. The molecule has 0 heterocycles. The average Bonchev–Trinajstić information content (AvgIpc) is 2.06.